The number of benzene rings is 2. The predicted molar refractivity (Wildman–Crippen MR) is 115 cm³/mol. The van der Waals surface area contributed by atoms with Crippen molar-refractivity contribution in [3.63, 3.8) is 0 Å². The zero-order chi connectivity index (χ0) is 22.2. The van der Waals surface area contributed by atoms with Gasteiger partial charge in [0.25, 0.3) is 0 Å². The summed E-state index contributed by atoms with van der Waals surface area (Å²) in [5.41, 5.74) is 0.835. The molecular weight excluding hydrogens is 400 g/mol. The number of fused-ring (bicyclic) bond motifs is 1. The first-order chi connectivity index (χ1) is 15.0. The molecule has 1 heterocycles. The summed E-state index contributed by atoms with van der Waals surface area (Å²) in [6.45, 7) is 2.54. The zero-order valence-corrected chi connectivity index (χ0v) is 17.5. The maximum atomic E-state index is 12.3. The molecular formula is C24H24O7. The molecule has 2 aromatic carbocycles. The van der Waals surface area contributed by atoms with Crippen LogP contribution in [0.1, 0.15) is 42.1 Å². The van der Waals surface area contributed by atoms with Crippen molar-refractivity contribution in [1.29, 1.82) is 0 Å². The van der Waals surface area contributed by atoms with Crippen molar-refractivity contribution >= 4 is 22.7 Å². The van der Waals surface area contributed by atoms with E-state index >= 15 is 0 Å². The molecule has 0 fully saturated rings. The highest BCUT2D eigenvalue weighted by Crippen LogP contribution is 2.23. The molecule has 31 heavy (non-hydrogen) atoms. The fourth-order valence-corrected chi connectivity index (χ4v) is 3.00. The van der Waals surface area contributed by atoms with Crippen molar-refractivity contribution in [2.75, 3.05) is 13.7 Å². The maximum absolute atomic E-state index is 12.3. The molecule has 0 radical (unpaired) electrons. The Morgan fingerprint density at radius 1 is 0.968 bits per heavy atom. The van der Waals surface area contributed by atoms with Crippen molar-refractivity contribution in [1.82, 2.24) is 0 Å². The summed E-state index contributed by atoms with van der Waals surface area (Å²) in [4.78, 5) is 36.2. The van der Waals surface area contributed by atoms with Crippen LogP contribution in [-0.4, -0.2) is 25.5 Å². The van der Waals surface area contributed by atoms with Crippen LogP contribution in [0.5, 0.6) is 11.5 Å². The van der Waals surface area contributed by atoms with E-state index in [-0.39, 0.29) is 25.2 Å². The van der Waals surface area contributed by atoms with Crippen molar-refractivity contribution in [3.8, 4) is 11.5 Å². The smallest absolute Gasteiger partial charge is 0.336 e. The van der Waals surface area contributed by atoms with Crippen LogP contribution in [0.2, 0.25) is 0 Å². The maximum Gasteiger partial charge on any atom is 0.336 e. The predicted octanol–water partition coefficient (Wildman–Crippen LogP) is 4.30. The number of methoxy groups -OCH3 is 1. The molecule has 0 aliphatic heterocycles. The second-order valence-electron chi connectivity index (χ2n) is 6.91. The summed E-state index contributed by atoms with van der Waals surface area (Å²) in [7, 11) is 1.51. The molecule has 0 saturated heterocycles. The molecule has 7 nitrogen and oxygen atoms in total. The Labute approximate surface area is 179 Å². The largest absolute Gasteiger partial charge is 0.497 e. The van der Waals surface area contributed by atoms with Gasteiger partial charge >= 0.3 is 11.6 Å². The Balaban J connectivity index is 1.55. The van der Waals surface area contributed by atoms with Crippen LogP contribution in [0.4, 0.5) is 0 Å². The molecule has 0 aliphatic carbocycles. The van der Waals surface area contributed by atoms with Crippen LogP contribution in [0.15, 0.2) is 57.7 Å². The number of hydrogen-bond acceptors (Lipinski definition) is 7. The highest BCUT2D eigenvalue weighted by atomic mass is 16.5. The Morgan fingerprint density at radius 2 is 1.71 bits per heavy atom. The number of ketones is 1. The minimum absolute atomic E-state index is 0.0306. The van der Waals surface area contributed by atoms with Gasteiger partial charge in [-0.05, 0) is 42.8 Å². The number of ether oxygens (including phenoxy) is 3. The lowest BCUT2D eigenvalue weighted by Gasteiger charge is -2.08. The Bertz CT molecular complexity index is 1110. The van der Waals surface area contributed by atoms with Crippen LogP contribution in [0.25, 0.3) is 11.0 Å². The van der Waals surface area contributed by atoms with Crippen molar-refractivity contribution in [2.24, 2.45) is 0 Å². The highest BCUT2D eigenvalue weighted by Gasteiger charge is 2.13. The summed E-state index contributed by atoms with van der Waals surface area (Å²) in [5, 5.41) is 0.648. The summed E-state index contributed by atoms with van der Waals surface area (Å²) < 4.78 is 21.1. The minimum atomic E-state index is -0.548. The number of carbonyl (C=O) groups excluding carboxylic acids is 2. The Kier molecular flexibility index (Phi) is 7.43. The second-order valence-corrected chi connectivity index (χ2v) is 6.91. The molecule has 0 saturated carbocycles. The standard InChI is InChI=1S/C24H24O7/c1-3-12-29-18-6-4-16(5-7-18)21(25)10-11-23(26)30-15-17-13-24(27)31-22-14-19(28-2)8-9-20(17)22/h4-9,13-14H,3,10-12,15H2,1-2H3. The fourth-order valence-electron chi connectivity index (χ4n) is 3.00. The van der Waals surface area contributed by atoms with E-state index in [4.69, 9.17) is 18.6 Å². The van der Waals surface area contributed by atoms with Gasteiger partial charge in [-0.3, -0.25) is 9.59 Å². The number of Topliss-reactive ketones (excluding diaryl/α,β-unsaturated/α-hetero) is 1. The molecule has 0 bridgehead atoms. The van der Waals surface area contributed by atoms with Crippen LogP contribution < -0.4 is 15.1 Å². The van der Waals surface area contributed by atoms with Crippen molar-refractivity contribution < 1.29 is 28.2 Å². The van der Waals surface area contributed by atoms with E-state index in [9.17, 15) is 14.4 Å². The number of hydrogen-bond donors (Lipinski definition) is 0. The van der Waals surface area contributed by atoms with E-state index in [1.807, 2.05) is 6.92 Å². The molecule has 7 heteroatoms. The van der Waals surface area contributed by atoms with Gasteiger partial charge < -0.3 is 18.6 Å². The third-order valence-electron chi connectivity index (χ3n) is 4.63. The topological polar surface area (TPSA) is 92.0 Å². The van der Waals surface area contributed by atoms with Gasteiger partial charge in [0, 0.05) is 35.1 Å². The Morgan fingerprint density at radius 3 is 2.42 bits per heavy atom. The third-order valence-corrected chi connectivity index (χ3v) is 4.63. The molecule has 0 atom stereocenters. The lowest BCUT2D eigenvalue weighted by molar-refractivity contribution is -0.144. The van der Waals surface area contributed by atoms with Gasteiger partial charge in [0.1, 0.15) is 23.7 Å². The van der Waals surface area contributed by atoms with E-state index in [1.165, 1.54) is 13.2 Å². The molecule has 0 unspecified atom stereocenters. The first-order valence-corrected chi connectivity index (χ1v) is 10.0. The van der Waals surface area contributed by atoms with E-state index < -0.39 is 11.6 Å². The van der Waals surface area contributed by atoms with E-state index in [0.717, 1.165) is 6.42 Å². The van der Waals surface area contributed by atoms with Gasteiger partial charge in [0.05, 0.1) is 20.1 Å². The molecule has 0 N–H and O–H groups in total. The summed E-state index contributed by atoms with van der Waals surface area (Å²) in [5.74, 6) is 0.575. The van der Waals surface area contributed by atoms with Gasteiger partial charge in [0.15, 0.2) is 5.78 Å². The van der Waals surface area contributed by atoms with Crippen LogP contribution in [0, 0.1) is 0 Å². The summed E-state index contributed by atoms with van der Waals surface area (Å²) in [6.07, 6.45) is 0.879. The SMILES string of the molecule is CCCOc1ccc(C(=O)CCC(=O)OCc2cc(=O)oc3cc(OC)ccc23)cc1. The molecule has 162 valence electrons. The van der Waals surface area contributed by atoms with Crippen molar-refractivity contribution in [2.45, 2.75) is 32.8 Å². The van der Waals surface area contributed by atoms with E-state index in [2.05, 4.69) is 0 Å². The first kappa shape index (κ1) is 22.1. The van der Waals surface area contributed by atoms with E-state index in [1.54, 1.807) is 42.5 Å². The van der Waals surface area contributed by atoms with Gasteiger partial charge in [-0.2, -0.15) is 0 Å². The fraction of sp³-hybridized carbons (Fsp3) is 0.292. The van der Waals surface area contributed by atoms with E-state index in [0.29, 0.717) is 40.2 Å². The third kappa shape index (κ3) is 5.94. The molecule has 0 amide bonds. The van der Waals surface area contributed by atoms with Crippen LogP contribution >= 0.6 is 0 Å². The van der Waals surface area contributed by atoms with Gasteiger partial charge in [0.2, 0.25) is 0 Å². The molecule has 1 aromatic heterocycles. The van der Waals surface area contributed by atoms with Crippen LogP contribution in [-0.2, 0) is 16.1 Å². The van der Waals surface area contributed by atoms with Gasteiger partial charge in [-0.1, -0.05) is 6.92 Å². The van der Waals surface area contributed by atoms with Gasteiger partial charge in [-0.15, -0.1) is 0 Å². The molecule has 3 aromatic rings. The first-order valence-electron chi connectivity index (χ1n) is 10.0. The lowest BCUT2D eigenvalue weighted by atomic mass is 10.1. The monoisotopic (exact) mass is 424 g/mol. The summed E-state index contributed by atoms with van der Waals surface area (Å²) in [6, 6.07) is 13.2. The quantitative estimate of drug-likeness (QED) is 0.272. The molecule has 0 spiro atoms. The molecule has 0 aliphatic rings. The lowest BCUT2D eigenvalue weighted by Crippen LogP contribution is -2.10. The number of esters is 1. The van der Waals surface area contributed by atoms with Crippen LogP contribution in [0.3, 0.4) is 0 Å². The van der Waals surface area contributed by atoms with Crippen molar-refractivity contribution in [3.05, 3.63) is 70.1 Å². The van der Waals surface area contributed by atoms with Gasteiger partial charge in [-0.25, -0.2) is 4.79 Å². The summed E-state index contributed by atoms with van der Waals surface area (Å²) >= 11 is 0. The average molecular weight is 424 g/mol. The zero-order valence-electron chi connectivity index (χ0n) is 17.5. The molecule has 3 rings (SSSR count). The Hall–Kier alpha value is -3.61. The minimum Gasteiger partial charge on any atom is -0.497 e. The number of carbonyl (C=O) groups is 2. The highest BCUT2D eigenvalue weighted by molar-refractivity contribution is 5.97. The number of rotatable bonds is 10. The second kappa shape index (κ2) is 10.4. The average Bonchev–Trinajstić information content (AvgIpc) is 2.79. The normalized spacial score (nSPS) is 10.6.